The Morgan fingerprint density at radius 3 is 2.56 bits per heavy atom. The Morgan fingerprint density at radius 1 is 1.03 bits per heavy atom. The minimum absolute atomic E-state index is 0.0452. The van der Waals surface area contributed by atoms with Gasteiger partial charge in [0.1, 0.15) is 5.76 Å². The highest BCUT2D eigenvalue weighted by atomic mass is 16.5. The Labute approximate surface area is 190 Å². The van der Waals surface area contributed by atoms with E-state index in [0.717, 1.165) is 57.3 Å². The summed E-state index contributed by atoms with van der Waals surface area (Å²) in [5, 5.41) is 6.43. The first-order chi connectivity index (χ1) is 15.7. The van der Waals surface area contributed by atoms with E-state index in [4.69, 9.17) is 14.1 Å². The molecule has 2 aromatic rings. The number of methoxy groups -OCH3 is 1. The molecule has 32 heavy (non-hydrogen) atoms. The number of aliphatic imine (C=N–C) groups is 1. The molecule has 1 amide bonds. The molecule has 8 heteroatoms. The van der Waals surface area contributed by atoms with Gasteiger partial charge in [-0.2, -0.15) is 0 Å². The van der Waals surface area contributed by atoms with Crippen LogP contribution in [0, 0.1) is 0 Å². The molecule has 0 spiro atoms. The molecule has 8 nitrogen and oxygen atoms in total. The maximum Gasteiger partial charge on any atom is 0.234 e. The van der Waals surface area contributed by atoms with Crippen molar-refractivity contribution >= 4 is 11.9 Å². The lowest BCUT2D eigenvalue weighted by Crippen LogP contribution is -2.54. The zero-order valence-corrected chi connectivity index (χ0v) is 19.0. The summed E-state index contributed by atoms with van der Waals surface area (Å²) in [5.41, 5.74) is 1.30. The molecule has 174 valence electrons. The fourth-order valence-corrected chi connectivity index (χ4v) is 3.63. The molecule has 0 atom stereocenters. The van der Waals surface area contributed by atoms with E-state index in [9.17, 15) is 4.79 Å². The third-order valence-electron chi connectivity index (χ3n) is 5.41. The summed E-state index contributed by atoms with van der Waals surface area (Å²) >= 11 is 0. The van der Waals surface area contributed by atoms with Crippen LogP contribution in [0.15, 0.2) is 58.1 Å². The van der Waals surface area contributed by atoms with E-state index in [0.29, 0.717) is 26.2 Å². The van der Waals surface area contributed by atoms with Crippen LogP contribution in [0.25, 0.3) is 0 Å². The number of ether oxygens (including phenoxy) is 1. The van der Waals surface area contributed by atoms with E-state index < -0.39 is 0 Å². The summed E-state index contributed by atoms with van der Waals surface area (Å²) in [6.45, 7) is 6.33. The predicted octanol–water partition coefficient (Wildman–Crippen LogP) is 1.39. The van der Waals surface area contributed by atoms with Crippen LogP contribution in [-0.4, -0.2) is 87.7 Å². The number of carbonyl (C=O) groups excluding carboxylic acids is 1. The summed E-state index contributed by atoms with van der Waals surface area (Å²) < 4.78 is 10.4. The number of benzene rings is 1. The summed E-state index contributed by atoms with van der Waals surface area (Å²) in [6.07, 6.45) is 3.42. The molecule has 0 bridgehead atoms. The normalized spacial score (nSPS) is 15.0. The van der Waals surface area contributed by atoms with Gasteiger partial charge >= 0.3 is 0 Å². The molecule has 1 aromatic carbocycles. The summed E-state index contributed by atoms with van der Waals surface area (Å²) in [5.74, 6) is 1.92. The largest absolute Gasteiger partial charge is 0.469 e. The first-order valence-corrected chi connectivity index (χ1v) is 11.3. The van der Waals surface area contributed by atoms with E-state index >= 15 is 0 Å². The second-order valence-electron chi connectivity index (χ2n) is 7.80. The third-order valence-corrected chi connectivity index (χ3v) is 5.41. The molecular formula is C24H35N5O3. The fraction of sp³-hybridized carbons (Fsp3) is 0.500. The Balaban J connectivity index is 1.49. The van der Waals surface area contributed by atoms with Crippen LogP contribution in [0.4, 0.5) is 0 Å². The number of rotatable bonds is 11. The van der Waals surface area contributed by atoms with Gasteiger partial charge in [-0.05, 0) is 24.1 Å². The number of piperazine rings is 1. The molecule has 2 N–H and O–H groups in total. The molecule has 0 unspecified atom stereocenters. The predicted molar refractivity (Wildman–Crippen MR) is 126 cm³/mol. The monoisotopic (exact) mass is 441 g/mol. The van der Waals surface area contributed by atoms with Gasteiger partial charge in [-0.3, -0.25) is 14.7 Å². The van der Waals surface area contributed by atoms with Crippen LogP contribution in [0.3, 0.4) is 0 Å². The van der Waals surface area contributed by atoms with Gasteiger partial charge in [0.25, 0.3) is 0 Å². The first-order valence-electron chi connectivity index (χ1n) is 11.3. The Bertz CT molecular complexity index is 802. The van der Waals surface area contributed by atoms with Gasteiger partial charge in [0.05, 0.1) is 19.4 Å². The van der Waals surface area contributed by atoms with Crippen molar-refractivity contribution in [2.75, 3.05) is 66.1 Å². The van der Waals surface area contributed by atoms with Crippen LogP contribution >= 0.6 is 0 Å². The van der Waals surface area contributed by atoms with Crippen molar-refractivity contribution in [1.29, 1.82) is 0 Å². The number of hydrogen-bond acceptors (Lipinski definition) is 5. The smallest absolute Gasteiger partial charge is 0.234 e. The number of nitrogens with one attached hydrogen (secondary N) is 2. The van der Waals surface area contributed by atoms with E-state index in [1.807, 2.05) is 18.2 Å². The molecule has 3 rings (SSSR count). The minimum Gasteiger partial charge on any atom is -0.469 e. The van der Waals surface area contributed by atoms with Gasteiger partial charge in [-0.25, -0.2) is 0 Å². The van der Waals surface area contributed by atoms with Gasteiger partial charge in [0.2, 0.25) is 5.91 Å². The SMILES string of the molecule is COCCNC(=O)CN1CCN(C(=NCCc2ccco2)NCCc2ccccc2)CC1. The van der Waals surface area contributed by atoms with Crippen LogP contribution in [0.2, 0.25) is 0 Å². The average Bonchev–Trinajstić information content (AvgIpc) is 3.33. The summed E-state index contributed by atoms with van der Waals surface area (Å²) in [4.78, 5) is 21.4. The van der Waals surface area contributed by atoms with Crippen molar-refractivity contribution in [3.05, 3.63) is 60.1 Å². The Morgan fingerprint density at radius 2 is 1.84 bits per heavy atom. The zero-order valence-electron chi connectivity index (χ0n) is 19.0. The van der Waals surface area contributed by atoms with E-state index in [1.165, 1.54) is 5.56 Å². The van der Waals surface area contributed by atoms with Crippen molar-refractivity contribution < 1.29 is 13.9 Å². The first kappa shape index (κ1) is 23.8. The molecule has 1 aromatic heterocycles. The molecule has 0 aliphatic carbocycles. The molecule has 0 saturated carbocycles. The van der Waals surface area contributed by atoms with Crippen molar-refractivity contribution in [3.8, 4) is 0 Å². The van der Waals surface area contributed by atoms with Gasteiger partial charge in [0.15, 0.2) is 5.96 Å². The van der Waals surface area contributed by atoms with Gasteiger partial charge in [0, 0.05) is 59.3 Å². The lowest BCUT2D eigenvalue weighted by molar-refractivity contribution is -0.122. The third kappa shape index (κ3) is 8.36. The number of guanidine groups is 1. The van der Waals surface area contributed by atoms with E-state index in [-0.39, 0.29) is 5.91 Å². The van der Waals surface area contributed by atoms with Crippen molar-refractivity contribution in [1.82, 2.24) is 20.4 Å². The Hall–Kier alpha value is -2.84. The molecule has 1 aliphatic heterocycles. The molecule has 1 fully saturated rings. The van der Waals surface area contributed by atoms with Crippen LogP contribution in [-0.2, 0) is 22.4 Å². The topological polar surface area (TPSA) is 82.3 Å². The van der Waals surface area contributed by atoms with Gasteiger partial charge < -0.3 is 24.7 Å². The Kier molecular flexibility index (Phi) is 10.1. The second-order valence-corrected chi connectivity index (χ2v) is 7.80. The summed E-state index contributed by atoms with van der Waals surface area (Å²) in [7, 11) is 1.63. The van der Waals surface area contributed by atoms with Crippen LogP contribution in [0.5, 0.6) is 0 Å². The fourth-order valence-electron chi connectivity index (χ4n) is 3.63. The number of amides is 1. The zero-order chi connectivity index (χ0) is 22.4. The van der Waals surface area contributed by atoms with E-state index in [2.05, 4.69) is 44.7 Å². The van der Waals surface area contributed by atoms with Crippen molar-refractivity contribution in [2.45, 2.75) is 12.8 Å². The number of hydrogen-bond donors (Lipinski definition) is 2. The lowest BCUT2D eigenvalue weighted by Gasteiger charge is -2.36. The standard InChI is InChI=1S/C24H35N5O3/c1-31-19-13-25-23(30)20-28-14-16-29(17-15-28)24(27-12-10-22-8-5-18-32-22)26-11-9-21-6-3-2-4-7-21/h2-8,18H,9-17,19-20H2,1H3,(H,25,30)(H,26,27). The molecule has 1 aliphatic rings. The van der Waals surface area contributed by atoms with Crippen LogP contribution < -0.4 is 10.6 Å². The highest BCUT2D eigenvalue weighted by Crippen LogP contribution is 2.05. The number of carbonyl (C=O) groups is 1. The number of nitrogens with zero attached hydrogens (tertiary/aromatic N) is 3. The molecule has 0 radical (unpaired) electrons. The minimum atomic E-state index is 0.0452. The van der Waals surface area contributed by atoms with Crippen molar-refractivity contribution in [2.24, 2.45) is 4.99 Å². The molecule has 1 saturated heterocycles. The maximum absolute atomic E-state index is 12.1. The van der Waals surface area contributed by atoms with Crippen molar-refractivity contribution in [3.63, 3.8) is 0 Å². The lowest BCUT2D eigenvalue weighted by atomic mass is 10.1. The van der Waals surface area contributed by atoms with Gasteiger partial charge in [-0.15, -0.1) is 0 Å². The quantitative estimate of drug-likeness (QED) is 0.312. The number of furan rings is 1. The maximum atomic E-state index is 12.1. The van der Waals surface area contributed by atoms with Gasteiger partial charge in [-0.1, -0.05) is 30.3 Å². The summed E-state index contributed by atoms with van der Waals surface area (Å²) in [6, 6.07) is 14.3. The molecular weight excluding hydrogens is 406 g/mol. The van der Waals surface area contributed by atoms with Crippen LogP contribution in [0.1, 0.15) is 11.3 Å². The average molecular weight is 442 g/mol. The second kappa shape index (κ2) is 13.5. The van der Waals surface area contributed by atoms with E-state index in [1.54, 1.807) is 13.4 Å². The highest BCUT2D eigenvalue weighted by Gasteiger charge is 2.21. The molecule has 2 heterocycles. The highest BCUT2D eigenvalue weighted by molar-refractivity contribution is 5.80.